The van der Waals surface area contributed by atoms with Gasteiger partial charge in [0, 0.05) is 5.56 Å². The summed E-state index contributed by atoms with van der Waals surface area (Å²) in [4.78, 5) is 11.2. The van der Waals surface area contributed by atoms with E-state index in [1.165, 1.54) is 11.6 Å². The van der Waals surface area contributed by atoms with Gasteiger partial charge in [0.2, 0.25) is 0 Å². The van der Waals surface area contributed by atoms with Crippen molar-refractivity contribution in [2.75, 3.05) is 0 Å². The van der Waals surface area contributed by atoms with Crippen LogP contribution in [0.4, 0.5) is 9.18 Å². The third-order valence-corrected chi connectivity index (χ3v) is 5.54. The Balaban J connectivity index is 1.98. The lowest BCUT2D eigenvalue weighted by molar-refractivity contribution is 0.161. The van der Waals surface area contributed by atoms with E-state index in [9.17, 15) is 14.3 Å². The molecule has 0 aliphatic heterocycles. The average Bonchev–Trinajstić information content (AvgIpc) is 2.57. The number of rotatable bonds is 4. The molecular weight excluding hydrogens is 341 g/mol. The lowest BCUT2D eigenvalue weighted by Gasteiger charge is -2.40. The van der Waals surface area contributed by atoms with Crippen LogP contribution < -0.4 is 5.32 Å². The summed E-state index contributed by atoms with van der Waals surface area (Å²) in [5, 5.41) is 11.8. The summed E-state index contributed by atoms with van der Waals surface area (Å²) in [7, 11) is 0. The molecule has 0 fully saturated rings. The van der Waals surface area contributed by atoms with E-state index in [-0.39, 0.29) is 11.2 Å². The highest BCUT2D eigenvalue weighted by Gasteiger charge is 2.37. The highest BCUT2D eigenvalue weighted by atomic mass is 19.1. The zero-order valence-corrected chi connectivity index (χ0v) is 16.5. The van der Waals surface area contributed by atoms with Gasteiger partial charge in [-0.3, -0.25) is 0 Å². The van der Waals surface area contributed by atoms with E-state index in [2.05, 4.69) is 31.3 Å². The molecule has 0 saturated carbocycles. The summed E-state index contributed by atoms with van der Waals surface area (Å²) in [6, 6.07) is 11.1. The van der Waals surface area contributed by atoms with Crippen molar-refractivity contribution in [2.45, 2.75) is 53.0 Å². The van der Waals surface area contributed by atoms with Gasteiger partial charge in [-0.1, -0.05) is 52.0 Å². The van der Waals surface area contributed by atoms with Gasteiger partial charge in [0.05, 0.1) is 6.04 Å². The Morgan fingerprint density at radius 3 is 2.52 bits per heavy atom. The first-order valence-electron chi connectivity index (χ1n) is 9.58. The monoisotopic (exact) mass is 369 g/mol. The van der Waals surface area contributed by atoms with Crippen molar-refractivity contribution in [3.8, 4) is 11.1 Å². The van der Waals surface area contributed by atoms with Crippen LogP contribution in [0.5, 0.6) is 0 Å². The van der Waals surface area contributed by atoms with Crippen molar-refractivity contribution < 1.29 is 14.3 Å². The second-order valence-corrected chi connectivity index (χ2v) is 8.70. The van der Waals surface area contributed by atoms with Crippen LogP contribution in [0.15, 0.2) is 36.4 Å². The highest BCUT2D eigenvalue weighted by Crippen LogP contribution is 2.45. The van der Waals surface area contributed by atoms with E-state index >= 15 is 0 Å². The fourth-order valence-corrected chi connectivity index (χ4v) is 4.05. The molecule has 144 valence electrons. The van der Waals surface area contributed by atoms with E-state index in [1.807, 2.05) is 32.0 Å². The van der Waals surface area contributed by atoms with Crippen LogP contribution in [0.3, 0.4) is 0 Å². The zero-order valence-electron chi connectivity index (χ0n) is 16.5. The van der Waals surface area contributed by atoms with Crippen LogP contribution in [0, 0.1) is 17.2 Å². The Bertz CT molecular complexity index is 840. The Morgan fingerprint density at radius 2 is 1.93 bits per heavy atom. The van der Waals surface area contributed by atoms with E-state index in [1.54, 1.807) is 0 Å². The Labute approximate surface area is 160 Å². The summed E-state index contributed by atoms with van der Waals surface area (Å²) in [5.74, 6) is 0.276. The average molecular weight is 369 g/mol. The van der Waals surface area contributed by atoms with Gasteiger partial charge in [-0.25, -0.2) is 9.18 Å². The molecule has 1 amide bonds. The molecule has 2 aromatic rings. The molecule has 27 heavy (non-hydrogen) atoms. The number of fused-ring (bicyclic) bond motifs is 1. The van der Waals surface area contributed by atoms with E-state index < -0.39 is 12.1 Å². The van der Waals surface area contributed by atoms with E-state index in [0.29, 0.717) is 11.5 Å². The van der Waals surface area contributed by atoms with E-state index in [4.69, 9.17) is 0 Å². The largest absolute Gasteiger partial charge is 0.465 e. The number of carboxylic acid groups (broad SMARTS) is 1. The molecule has 2 N–H and O–H groups in total. The molecule has 1 aliphatic carbocycles. The topological polar surface area (TPSA) is 49.3 Å². The number of hydrogen-bond donors (Lipinski definition) is 2. The molecule has 0 heterocycles. The molecule has 3 nitrogen and oxygen atoms in total. The number of amides is 1. The minimum Gasteiger partial charge on any atom is -0.465 e. The Kier molecular flexibility index (Phi) is 5.27. The molecule has 1 atom stereocenters. The number of aryl methyl sites for hydroxylation is 1. The summed E-state index contributed by atoms with van der Waals surface area (Å²) in [6.45, 7) is 8.41. The predicted molar refractivity (Wildman–Crippen MR) is 106 cm³/mol. The quantitative estimate of drug-likeness (QED) is 0.697. The molecule has 0 radical (unpaired) electrons. The van der Waals surface area contributed by atoms with Crippen LogP contribution in [0.25, 0.3) is 11.1 Å². The Morgan fingerprint density at radius 1 is 1.26 bits per heavy atom. The van der Waals surface area contributed by atoms with Crippen molar-refractivity contribution in [3.05, 3.63) is 58.9 Å². The minimum atomic E-state index is -1.08. The fourth-order valence-electron chi connectivity index (χ4n) is 4.05. The van der Waals surface area contributed by atoms with Crippen molar-refractivity contribution in [1.29, 1.82) is 0 Å². The predicted octanol–water partition coefficient (Wildman–Crippen LogP) is 5.97. The number of nitrogens with one attached hydrogen (secondary N) is 1. The molecule has 1 aliphatic rings. The van der Waals surface area contributed by atoms with Crippen LogP contribution >= 0.6 is 0 Å². The molecule has 0 unspecified atom stereocenters. The number of halogens is 1. The van der Waals surface area contributed by atoms with Crippen molar-refractivity contribution in [2.24, 2.45) is 11.3 Å². The van der Waals surface area contributed by atoms with Gasteiger partial charge in [-0.05, 0) is 65.0 Å². The normalized spacial score (nSPS) is 18.2. The van der Waals surface area contributed by atoms with Crippen LogP contribution in [-0.4, -0.2) is 11.2 Å². The zero-order chi connectivity index (χ0) is 19.8. The second-order valence-electron chi connectivity index (χ2n) is 8.70. The lowest BCUT2D eigenvalue weighted by Crippen LogP contribution is -2.40. The first kappa shape index (κ1) is 19.4. The van der Waals surface area contributed by atoms with Gasteiger partial charge >= 0.3 is 6.09 Å². The minimum absolute atomic E-state index is 0.252. The standard InChI is InChI=1S/C23H28FNO2/c1-14(2)11-15-5-7-16(8-6-15)18-12-17-9-10-23(3,4)21(25-22(26)27)19(17)13-20(18)24/h5-8,12-14,21,25H,9-11H2,1-4H3,(H,26,27)/t21-/m0/s1. The number of carbonyl (C=O) groups is 1. The Hall–Kier alpha value is -2.36. The lowest BCUT2D eigenvalue weighted by atomic mass is 9.70. The van der Waals surface area contributed by atoms with Gasteiger partial charge in [-0.2, -0.15) is 0 Å². The van der Waals surface area contributed by atoms with Gasteiger partial charge in [0.1, 0.15) is 5.82 Å². The maximum Gasteiger partial charge on any atom is 0.405 e. The van der Waals surface area contributed by atoms with E-state index in [0.717, 1.165) is 36.0 Å². The third kappa shape index (κ3) is 4.15. The van der Waals surface area contributed by atoms with Crippen molar-refractivity contribution in [1.82, 2.24) is 5.32 Å². The molecule has 4 heteroatoms. The maximum absolute atomic E-state index is 15.0. The third-order valence-electron chi connectivity index (χ3n) is 5.54. The molecule has 0 spiro atoms. The van der Waals surface area contributed by atoms with Crippen LogP contribution in [0.1, 0.15) is 56.8 Å². The second kappa shape index (κ2) is 7.34. The van der Waals surface area contributed by atoms with Crippen molar-refractivity contribution in [3.63, 3.8) is 0 Å². The van der Waals surface area contributed by atoms with Gasteiger partial charge in [-0.15, -0.1) is 0 Å². The maximum atomic E-state index is 15.0. The number of hydrogen-bond acceptors (Lipinski definition) is 1. The van der Waals surface area contributed by atoms with Gasteiger partial charge in [0.25, 0.3) is 0 Å². The molecule has 3 rings (SSSR count). The first-order valence-corrected chi connectivity index (χ1v) is 9.58. The first-order chi connectivity index (χ1) is 12.7. The SMILES string of the molecule is CC(C)Cc1ccc(-c2cc3c(cc2F)[C@H](NC(=O)O)C(C)(C)CC3)cc1. The van der Waals surface area contributed by atoms with Crippen LogP contribution in [-0.2, 0) is 12.8 Å². The molecular formula is C23H28FNO2. The summed E-state index contributed by atoms with van der Waals surface area (Å²) >= 11 is 0. The number of benzene rings is 2. The molecule has 0 bridgehead atoms. The molecule has 0 saturated heterocycles. The van der Waals surface area contributed by atoms with Crippen molar-refractivity contribution >= 4 is 6.09 Å². The summed E-state index contributed by atoms with van der Waals surface area (Å²) < 4.78 is 15.0. The smallest absolute Gasteiger partial charge is 0.405 e. The highest BCUT2D eigenvalue weighted by molar-refractivity contribution is 5.68. The summed E-state index contributed by atoms with van der Waals surface area (Å²) in [5.41, 5.74) is 4.22. The van der Waals surface area contributed by atoms with Crippen LogP contribution in [0.2, 0.25) is 0 Å². The summed E-state index contributed by atoms with van der Waals surface area (Å²) in [6.07, 6.45) is 1.60. The fraction of sp³-hybridized carbons (Fsp3) is 0.435. The van der Waals surface area contributed by atoms with Gasteiger partial charge in [0.15, 0.2) is 0 Å². The molecule has 0 aromatic heterocycles. The molecule has 2 aromatic carbocycles. The van der Waals surface area contributed by atoms with Gasteiger partial charge < -0.3 is 10.4 Å².